The second kappa shape index (κ2) is 14.1. The number of likely N-dealkylation sites (N-methyl/N-ethyl adjacent to an activating group) is 1. The molecule has 1 aromatic heterocycles. The number of anilines is 1. The van der Waals surface area contributed by atoms with Gasteiger partial charge < -0.3 is 19.3 Å². The molecule has 0 aliphatic carbocycles. The number of amides is 1. The molecule has 2 N–H and O–H groups in total. The molecule has 5 rings (SSSR count). The fourth-order valence-electron chi connectivity index (χ4n) is 5.89. The van der Waals surface area contributed by atoms with Crippen molar-refractivity contribution in [3.05, 3.63) is 95.4 Å². The second-order valence-electron chi connectivity index (χ2n) is 12.2. The third kappa shape index (κ3) is 7.60. The summed E-state index contributed by atoms with van der Waals surface area (Å²) in [5, 5.41) is 13.7. The van der Waals surface area contributed by atoms with Crippen LogP contribution >= 0.6 is 0 Å². The van der Waals surface area contributed by atoms with E-state index in [4.69, 9.17) is 9.26 Å². The molecule has 11 heteroatoms. The van der Waals surface area contributed by atoms with Crippen LogP contribution in [0.5, 0.6) is 5.75 Å². The molecule has 0 unspecified atom stereocenters. The van der Waals surface area contributed by atoms with Crippen LogP contribution in [0.25, 0.3) is 11.1 Å². The molecule has 0 radical (unpaired) electrons. The van der Waals surface area contributed by atoms with Crippen LogP contribution in [0.2, 0.25) is 0 Å². The van der Waals surface area contributed by atoms with Crippen molar-refractivity contribution in [2.75, 3.05) is 31.5 Å². The Bertz CT molecular complexity index is 1740. The molecule has 46 heavy (non-hydrogen) atoms. The number of nitrogens with one attached hydrogen (secondary N) is 1. The second-order valence-corrected chi connectivity index (χ2v) is 13.8. The van der Waals surface area contributed by atoms with Crippen LogP contribution in [-0.2, 0) is 27.8 Å². The van der Waals surface area contributed by atoms with Crippen LogP contribution in [0, 0.1) is 19.8 Å². The van der Waals surface area contributed by atoms with Gasteiger partial charge >= 0.3 is 0 Å². The summed E-state index contributed by atoms with van der Waals surface area (Å²) in [6, 6.07) is 23.4. The summed E-state index contributed by atoms with van der Waals surface area (Å²) in [4.78, 5) is 17.5. The van der Waals surface area contributed by atoms with E-state index in [1.54, 1.807) is 36.9 Å². The number of hydrogen-bond donors (Lipinski definition) is 2. The van der Waals surface area contributed by atoms with Crippen molar-refractivity contribution in [2.24, 2.45) is 5.92 Å². The van der Waals surface area contributed by atoms with Crippen LogP contribution in [0.15, 0.2) is 82.2 Å². The fourth-order valence-corrected chi connectivity index (χ4v) is 7.27. The molecule has 4 aromatic rings. The largest absolute Gasteiger partial charge is 0.488 e. The van der Waals surface area contributed by atoms with Crippen molar-refractivity contribution in [2.45, 2.75) is 57.7 Å². The summed E-state index contributed by atoms with van der Waals surface area (Å²) < 4.78 is 40.7. The molecule has 0 saturated heterocycles. The van der Waals surface area contributed by atoms with Gasteiger partial charge in [-0.05, 0) is 62.7 Å². The smallest absolute Gasteiger partial charge is 0.267 e. The highest BCUT2D eigenvalue weighted by Crippen LogP contribution is 2.31. The van der Waals surface area contributed by atoms with E-state index in [-0.39, 0.29) is 59.0 Å². The summed E-state index contributed by atoms with van der Waals surface area (Å²) in [7, 11) is -1.95. The predicted molar refractivity (Wildman–Crippen MR) is 177 cm³/mol. The van der Waals surface area contributed by atoms with Crippen LogP contribution in [0.3, 0.4) is 0 Å². The van der Waals surface area contributed by atoms with Crippen molar-refractivity contribution < 1.29 is 27.6 Å². The third-order valence-corrected chi connectivity index (χ3v) is 10.0. The lowest BCUT2D eigenvalue weighted by molar-refractivity contribution is -0.134. The molecular weight excluding hydrogens is 604 g/mol. The molecular formula is C35H42N4O6S. The Morgan fingerprint density at radius 2 is 1.76 bits per heavy atom. The Hall–Kier alpha value is -4.19. The number of aliphatic hydroxyl groups is 1. The number of sulfonamides is 1. The lowest BCUT2D eigenvalue weighted by Gasteiger charge is -2.34. The third-order valence-electron chi connectivity index (χ3n) is 8.41. The lowest BCUT2D eigenvalue weighted by atomic mass is 10.0. The fraction of sp³-hybridized carbons (Fsp3) is 0.371. The number of aromatic nitrogens is 1. The topological polar surface area (TPSA) is 125 Å². The van der Waals surface area contributed by atoms with Crippen molar-refractivity contribution in [1.82, 2.24) is 15.0 Å². The Balaban J connectivity index is 1.38. The number of aryl methyl sites for hydroxylation is 2. The first kappa shape index (κ1) is 33.2. The highest BCUT2D eigenvalue weighted by Gasteiger charge is 2.32. The van der Waals surface area contributed by atoms with Gasteiger partial charge in [0.05, 0.1) is 19.1 Å². The minimum atomic E-state index is -3.99. The maximum Gasteiger partial charge on any atom is 0.267 e. The van der Waals surface area contributed by atoms with Gasteiger partial charge in [0.15, 0.2) is 10.7 Å². The minimum Gasteiger partial charge on any atom is -0.488 e. The number of carbonyl (C=O) groups is 1. The average molecular weight is 647 g/mol. The van der Waals surface area contributed by atoms with E-state index in [1.165, 1.54) is 11.1 Å². The lowest BCUT2D eigenvalue weighted by Crippen LogP contribution is -2.47. The zero-order valence-corrected chi connectivity index (χ0v) is 27.8. The summed E-state index contributed by atoms with van der Waals surface area (Å²) >= 11 is 0. The maximum atomic E-state index is 13.6. The molecule has 244 valence electrons. The zero-order valence-electron chi connectivity index (χ0n) is 26.9. The van der Waals surface area contributed by atoms with Crippen molar-refractivity contribution in [3.63, 3.8) is 0 Å². The van der Waals surface area contributed by atoms with Gasteiger partial charge in [0.1, 0.15) is 17.5 Å². The number of fused-ring (bicyclic) bond motifs is 1. The molecule has 1 aliphatic heterocycles. The first-order valence-electron chi connectivity index (χ1n) is 15.4. The molecule has 1 amide bonds. The van der Waals surface area contributed by atoms with Crippen LogP contribution in [0.4, 0.5) is 5.69 Å². The zero-order chi connectivity index (χ0) is 33.0. The number of nitrogens with zero attached hydrogens (tertiary/aromatic N) is 3. The van der Waals surface area contributed by atoms with Crippen molar-refractivity contribution in [3.8, 4) is 16.9 Å². The molecule has 10 nitrogen and oxygen atoms in total. The summed E-state index contributed by atoms with van der Waals surface area (Å²) in [5.74, 6) is 0.471. The number of rotatable bonds is 10. The SMILES string of the molecule is Cc1noc(C)c1S(=O)(=O)Nc1ccc2c(c1)CC(=O)N([C@H](C)CO)C[C@H](C)[C@H](CN(C)Cc1ccc(-c3ccccc3)cc1)O2. The summed E-state index contributed by atoms with van der Waals surface area (Å²) in [6.07, 6.45) is -0.305. The molecule has 3 atom stereocenters. The summed E-state index contributed by atoms with van der Waals surface area (Å²) in [6.45, 7) is 8.49. The number of carbonyl (C=O) groups excluding carboxylic acids is 1. The minimum absolute atomic E-state index is 0.0103. The van der Waals surface area contributed by atoms with E-state index in [2.05, 4.69) is 58.1 Å². The van der Waals surface area contributed by atoms with Gasteiger partial charge in [-0.2, -0.15) is 0 Å². The predicted octanol–water partition coefficient (Wildman–Crippen LogP) is 5.04. The van der Waals surface area contributed by atoms with Crippen LogP contribution < -0.4 is 9.46 Å². The van der Waals surface area contributed by atoms with Gasteiger partial charge in [-0.3, -0.25) is 14.4 Å². The van der Waals surface area contributed by atoms with E-state index >= 15 is 0 Å². The van der Waals surface area contributed by atoms with Crippen LogP contribution in [-0.4, -0.2) is 73.3 Å². The van der Waals surface area contributed by atoms with E-state index in [1.807, 2.05) is 32.2 Å². The molecule has 1 aliphatic rings. The quantitative estimate of drug-likeness (QED) is 0.246. The van der Waals surface area contributed by atoms with Crippen molar-refractivity contribution >= 4 is 21.6 Å². The molecule has 0 saturated carbocycles. The number of hydrogen-bond acceptors (Lipinski definition) is 8. The molecule has 0 fully saturated rings. The first-order valence-corrected chi connectivity index (χ1v) is 16.9. The maximum absolute atomic E-state index is 13.6. The molecule has 2 heterocycles. The van der Waals surface area contributed by atoms with Gasteiger partial charge in [0.2, 0.25) is 5.91 Å². The standard InChI is InChI=1S/C35H42N4O6S/c1-23-19-39(24(2)22-40)34(41)18-30-17-31(37-46(42,43)35-25(3)36-45-26(35)4)15-16-32(30)44-33(23)21-38(5)20-27-11-13-29(14-12-27)28-9-7-6-8-10-28/h6-17,23-24,33,37,40H,18-22H2,1-5H3/t23-,24+,33-/m0/s1. The van der Waals surface area contributed by atoms with E-state index in [0.29, 0.717) is 30.9 Å². The normalized spacial score (nSPS) is 17.9. The Kier molecular flexibility index (Phi) is 10.1. The van der Waals surface area contributed by atoms with Gasteiger partial charge in [0, 0.05) is 36.8 Å². The Labute approximate surface area is 271 Å². The first-order chi connectivity index (χ1) is 21.9. The number of ether oxygens (including phenoxy) is 1. The van der Waals surface area contributed by atoms with E-state index in [9.17, 15) is 18.3 Å². The Morgan fingerprint density at radius 1 is 1.07 bits per heavy atom. The van der Waals surface area contributed by atoms with Crippen molar-refractivity contribution in [1.29, 1.82) is 0 Å². The number of benzene rings is 3. The van der Waals surface area contributed by atoms with Gasteiger partial charge in [-0.15, -0.1) is 0 Å². The van der Waals surface area contributed by atoms with Crippen LogP contribution in [0.1, 0.15) is 36.4 Å². The van der Waals surface area contributed by atoms with Gasteiger partial charge in [0.25, 0.3) is 10.0 Å². The van der Waals surface area contributed by atoms with Gasteiger partial charge in [-0.1, -0.05) is 66.7 Å². The van der Waals surface area contributed by atoms with E-state index in [0.717, 1.165) is 5.56 Å². The Morgan fingerprint density at radius 3 is 2.41 bits per heavy atom. The van der Waals surface area contributed by atoms with E-state index < -0.39 is 10.0 Å². The highest BCUT2D eigenvalue weighted by atomic mass is 32.2. The molecule has 0 bridgehead atoms. The molecule has 0 spiro atoms. The average Bonchev–Trinajstić information content (AvgIpc) is 3.40. The summed E-state index contributed by atoms with van der Waals surface area (Å²) in [5.41, 5.74) is 4.60. The monoisotopic (exact) mass is 646 g/mol. The highest BCUT2D eigenvalue weighted by molar-refractivity contribution is 7.92. The van der Waals surface area contributed by atoms with Gasteiger partial charge in [-0.25, -0.2) is 8.42 Å². The molecule has 3 aromatic carbocycles. The number of aliphatic hydroxyl groups excluding tert-OH is 1.